The average molecular weight is 289 g/mol. The third-order valence-electron chi connectivity index (χ3n) is 3.59. The van der Waals surface area contributed by atoms with Crippen LogP contribution in [-0.2, 0) is 6.42 Å². The van der Waals surface area contributed by atoms with Gasteiger partial charge in [0.25, 0.3) is 0 Å². The molecule has 3 heteroatoms. The number of nitrogens with one attached hydrogen (secondary N) is 1. The lowest BCUT2D eigenvalue weighted by molar-refractivity contribution is 0.468. The maximum absolute atomic E-state index is 13.9. The zero-order valence-electron chi connectivity index (χ0n) is 12.3. The molecule has 0 aromatic heterocycles. The highest BCUT2D eigenvalue weighted by Crippen LogP contribution is 2.23. The van der Waals surface area contributed by atoms with Crippen LogP contribution in [-0.4, -0.2) is 6.54 Å². The van der Waals surface area contributed by atoms with Crippen molar-refractivity contribution in [3.05, 3.63) is 71.3 Å². The van der Waals surface area contributed by atoms with Crippen molar-refractivity contribution in [3.8, 4) is 0 Å². The van der Waals surface area contributed by atoms with Gasteiger partial charge in [0.1, 0.15) is 11.6 Å². The van der Waals surface area contributed by atoms with Gasteiger partial charge in [-0.1, -0.05) is 43.3 Å². The van der Waals surface area contributed by atoms with Gasteiger partial charge in [-0.25, -0.2) is 8.78 Å². The summed E-state index contributed by atoms with van der Waals surface area (Å²) in [6.07, 6.45) is 2.75. The molecule has 2 aromatic rings. The third-order valence-corrected chi connectivity index (χ3v) is 3.59. The zero-order valence-corrected chi connectivity index (χ0v) is 12.3. The molecule has 0 aliphatic heterocycles. The van der Waals surface area contributed by atoms with Crippen LogP contribution in [0.25, 0.3) is 0 Å². The highest BCUT2D eigenvalue weighted by atomic mass is 19.1. The van der Waals surface area contributed by atoms with Gasteiger partial charge < -0.3 is 5.32 Å². The van der Waals surface area contributed by atoms with Crippen LogP contribution in [0.3, 0.4) is 0 Å². The molecular formula is C18H21F2N. The van der Waals surface area contributed by atoms with Gasteiger partial charge in [0, 0.05) is 17.7 Å². The summed E-state index contributed by atoms with van der Waals surface area (Å²) in [7, 11) is 0. The number of hydrogen-bond donors (Lipinski definition) is 1. The second kappa shape index (κ2) is 7.89. The van der Waals surface area contributed by atoms with Crippen LogP contribution in [0.5, 0.6) is 0 Å². The quantitative estimate of drug-likeness (QED) is 0.783. The summed E-state index contributed by atoms with van der Waals surface area (Å²) in [6.45, 7) is 2.75. The Kier molecular flexibility index (Phi) is 5.88. The normalized spacial score (nSPS) is 12.3. The number of rotatable bonds is 7. The first kappa shape index (κ1) is 15.6. The molecule has 0 spiro atoms. The van der Waals surface area contributed by atoms with Gasteiger partial charge in [0.15, 0.2) is 0 Å². The smallest absolute Gasteiger partial charge is 0.130 e. The standard InChI is InChI=1S/C18H21F2N/c1-2-21-18(16-12-11-15(19)13-17(16)20)10-6-9-14-7-4-3-5-8-14/h3-5,7-8,11-13,18,21H,2,6,9-10H2,1H3. The minimum atomic E-state index is -0.532. The molecule has 0 fully saturated rings. The summed E-state index contributed by atoms with van der Waals surface area (Å²) < 4.78 is 26.9. The topological polar surface area (TPSA) is 12.0 Å². The van der Waals surface area contributed by atoms with Crippen molar-refractivity contribution in [2.24, 2.45) is 0 Å². The lowest BCUT2D eigenvalue weighted by atomic mass is 9.98. The first-order valence-electron chi connectivity index (χ1n) is 7.43. The van der Waals surface area contributed by atoms with Crippen LogP contribution in [0, 0.1) is 11.6 Å². The first-order valence-corrected chi connectivity index (χ1v) is 7.43. The van der Waals surface area contributed by atoms with E-state index in [4.69, 9.17) is 0 Å². The molecule has 2 aromatic carbocycles. The molecule has 112 valence electrons. The van der Waals surface area contributed by atoms with Gasteiger partial charge in [-0.05, 0) is 37.4 Å². The third kappa shape index (κ3) is 4.64. The van der Waals surface area contributed by atoms with Crippen LogP contribution in [0.2, 0.25) is 0 Å². The monoisotopic (exact) mass is 289 g/mol. The minimum absolute atomic E-state index is 0.0701. The fourth-order valence-corrected chi connectivity index (χ4v) is 2.55. The highest BCUT2D eigenvalue weighted by Gasteiger charge is 2.15. The summed E-state index contributed by atoms with van der Waals surface area (Å²) in [6, 6.07) is 14.0. The van der Waals surface area contributed by atoms with Gasteiger partial charge in [-0.15, -0.1) is 0 Å². The Hall–Kier alpha value is -1.74. The fraction of sp³-hybridized carbons (Fsp3) is 0.333. The molecule has 1 atom stereocenters. The molecule has 1 N–H and O–H groups in total. The summed E-state index contributed by atoms with van der Waals surface area (Å²) in [5.41, 5.74) is 1.83. The van der Waals surface area contributed by atoms with Gasteiger partial charge in [-0.2, -0.15) is 0 Å². The average Bonchev–Trinajstić information content (AvgIpc) is 2.48. The van der Waals surface area contributed by atoms with Crippen molar-refractivity contribution in [1.29, 1.82) is 0 Å². The van der Waals surface area contributed by atoms with Gasteiger partial charge >= 0.3 is 0 Å². The second-order valence-electron chi connectivity index (χ2n) is 5.15. The summed E-state index contributed by atoms with van der Waals surface area (Å²) in [5, 5.41) is 3.28. The van der Waals surface area contributed by atoms with E-state index in [0.29, 0.717) is 5.56 Å². The zero-order chi connectivity index (χ0) is 15.1. The van der Waals surface area contributed by atoms with Gasteiger partial charge in [0.05, 0.1) is 0 Å². The molecule has 0 bridgehead atoms. The maximum atomic E-state index is 13.9. The van der Waals surface area contributed by atoms with E-state index >= 15 is 0 Å². The largest absolute Gasteiger partial charge is 0.310 e. The van der Waals surface area contributed by atoms with Crippen molar-refractivity contribution >= 4 is 0 Å². The maximum Gasteiger partial charge on any atom is 0.130 e. The SMILES string of the molecule is CCNC(CCCc1ccccc1)c1ccc(F)cc1F. The van der Waals surface area contributed by atoms with E-state index in [1.165, 1.54) is 11.6 Å². The lowest BCUT2D eigenvalue weighted by Gasteiger charge is -2.19. The molecule has 0 saturated heterocycles. The van der Waals surface area contributed by atoms with Crippen molar-refractivity contribution in [2.75, 3.05) is 6.54 Å². The molecule has 0 aliphatic rings. The molecule has 2 rings (SSSR count). The molecule has 1 nitrogen and oxygen atoms in total. The van der Waals surface area contributed by atoms with E-state index < -0.39 is 11.6 Å². The van der Waals surface area contributed by atoms with Crippen molar-refractivity contribution < 1.29 is 8.78 Å². The minimum Gasteiger partial charge on any atom is -0.310 e. The van der Waals surface area contributed by atoms with Crippen molar-refractivity contribution in [3.63, 3.8) is 0 Å². The summed E-state index contributed by atoms with van der Waals surface area (Å²) in [4.78, 5) is 0. The van der Waals surface area contributed by atoms with Gasteiger partial charge in [-0.3, -0.25) is 0 Å². The second-order valence-corrected chi connectivity index (χ2v) is 5.15. The molecule has 0 saturated carbocycles. The number of hydrogen-bond acceptors (Lipinski definition) is 1. The van der Waals surface area contributed by atoms with Crippen LogP contribution < -0.4 is 5.32 Å². The van der Waals surface area contributed by atoms with E-state index in [2.05, 4.69) is 17.4 Å². The summed E-state index contributed by atoms with van der Waals surface area (Å²) >= 11 is 0. The van der Waals surface area contributed by atoms with E-state index in [0.717, 1.165) is 31.9 Å². The van der Waals surface area contributed by atoms with Crippen molar-refractivity contribution in [2.45, 2.75) is 32.2 Å². The Morgan fingerprint density at radius 3 is 2.48 bits per heavy atom. The predicted molar refractivity (Wildman–Crippen MR) is 82.2 cm³/mol. The van der Waals surface area contributed by atoms with Crippen molar-refractivity contribution in [1.82, 2.24) is 5.32 Å². The number of benzene rings is 2. The predicted octanol–water partition coefficient (Wildman–Crippen LogP) is 4.64. The van der Waals surface area contributed by atoms with Crippen LogP contribution in [0.15, 0.2) is 48.5 Å². The number of halogens is 2. The van der Waals surface area contributed by atoms with E-state index in [9.17, 15) is 8.78 Å². The first-order chi connectivity index (χ1) is 10.2. The van der Waals surface area contributed by atoms with Gasteiger partial charge in [0.2, 0.25) is 0 Å². The molecule has 0 heterocycles. The Labute approximate surface area is 125 Å². The van der Waals surface area contributed by atoms with Crippen LogP contribution >= 0.6 is 0 Å². The molecule has 0 amide bonds. The Bertz CT molecular complexity index is 554. The van der Waals surface area contributed by atoms with E-state index in [1.807, 2.05) is 25.1 Å². The summed E-state index contributed by atoms with van der Waals surface area (Å²) in [5.74, 6) is -1.00. The lowest BCUT2D eigenvalue weighted by Crippen LogP contribution is -2.22. The Morgan fingerprint density at radius 2 is 1.81 bits per heavy atom. The Morgan fingerprint density at radius 1 is 1.05 bits per heavy atom. The molecular weight excluding hydrogens is 268 g/mol. The van der Waals surface area contributed by atoms with Crippen LogP contribution in [0.1, 0.15) is 36.9 Å². The highest BCUT2D eigenvalue weighted by molar-refractivity contribution is 5.22. The number of aryl methyl sites for hydroxylation is 1. The molecule has 21 heavy (non-hydrogen) atoms. The molecule has 1 unspecified atom stereocenters. The molecule has 0 aliphatic carbocycles. The Balaban J connectivity index is 1.98. The van der Waals surface area contributed by atoms with Crippen LogP contribution in [0.4, 0.5) is 8.78 Å². The van der Waals surface area contributed by atoms with E-state index in [-0.39, 0.29) is 6.04 Å². The van der Waals surface area contributed by atoms with E-state index in [1.54, 1.807) is 6.07 Å². The fourth-order valence-electron chi connectivity index (χ4n) is 2.55. The molecule has 0 radical (unpaired) electrons.